The fourth-order valence-corrected chi connectivity index (χ4v) is 2.65. The van der Waals surface area contributed by atoms with E-state index in [0.717, 1.165) is 6.42 Å². The molecule has 1 aromatic rings. The van der Waals surface area contributed by atoms with E-state index >= 15 is 0 Å². The maximum absolute atomic E-state index is 5.40. The summed E-state index contributed by atoms with van der Waals surface area (Å²) in [6, 6.07) is 8.50. The number of ether oxygens (including phenoxy) is 1. The molecule has 0 saturated heterocycles. The zero-order valence-corrected chi connectivity index (χ0v) is 9.93. The van der Waals surface area contributed by atoms with Gasteiger partial charge in [0, 0.05) is 17.8 Å². The van der Waals surface area contributed by atoms with E-state index in [9.17, 15) is 0 Å². The summed E-state index contributed by atoms with van der Waals surface area (Å²) >= 11 is 1.93. The summed E-state index contributed by atoms with van der Waals surface area (Å²) < 4.78 is 5.40. The molecule has 1 aliphatic rings. The Kier molecular flexibility index (Phi) is 5.05. The van der Waals surface area contributed by atoms with E-state index in [0.29, 0.717) is 6.10 Å². The lowest BCUT2D eigenvalue weighted by atomic mass is 10.1. The van der Waals surface area contributed by atoms with Crippen molar-refractivity contribution in [3.05, 3.63) is 29.8 Å². The van der Waals surface area contributed by atoms with Crippen LogP contribution in [0.15, 0.2) is 29.2 Å². The summed E-state index contributed by atoms with van der Waals surface area (Å²) in [4.78, 5) is 1.38. The average Bonchev–Trinajstić information content (AvgIpc) is 2.31. The lowest BCUT2D eigenvalue weighted by Gasteiger charge is -2.23. The van der Waals surface area contributed by atoms with Crippen LogP contribution in [0.1, 0.15) is 31.9 Å². The van der Waals surface area contributed by atoms with Crippen LogP contribution in [0.4, 0.5) is 0 Å². The Morgan fingerprint density at radius 3 is 2.71 bits per heavy atom. The van der Waals surface area contributed by atoms with Gasteiger partial charge in [-0.1, -0.05) is 32.0 Å². The average molecular weight is 210 g/mol. The standard InChI is InChI=1S/C10H12OS.C2H6/c1-11-9-6-7-12-10-5-3-2-4-8(9)10;1-2/h2-5,9H,6-7H2,1H3;1-2H3. The van der Waals surface area contributed by atoms with Crippen LogP contribution in [0, 0.1) is 0 Å². The molecule has 2 heteroatoms. The number of fused-ring (bicyclic) bond motifs is 1. The Balaban J connectivity index is 0.000000461. The summed E-state index contributed by atoms with van der Waals surface area (Å²) in [7, 11) is 1.79. The maximum Gasteiger partial charge on any atom is 0.0839 e. The second-order valence-electron chi connectivity index (χ2n) is 2.90. The van der Waals surface area contributed by atoms with E-state index in [1.807, 2.05) is 25.6 Å². The minimum absolute atomic E-state index is 0.322. The molecular weight excluding hydrogens is 192 g/mol. The van der Waals surface area contributed by atoms with Gasteiger partial charge in [-0.15, -0.1) is 11.8 Å². The zero-order valence-electron chi connectivity index (χ0n) is 9.12. The van der Waals surface area contributed by atoms with E-state index < -0.39 is 0 Å². The molecule has 0 amide bonds. The minimum atomic E-state index is 0.322. The molecule has 0 radical (unpaired) electrons. The van der Waals surface area contributed by atoms with Crippen molar-refractivity contribution in [3.63, 3.8) is 0 Å². The van der Waals surface area contributed by atoms with Crippen LogP contribution in [0.25, 0.3) is 0 Å². The Bertz CT molecular complexity index is 273. The summed E-state index contributed by atoms with van der Waals surface area (Å²) in [6.07, 6.45) is 1.46. The van der Waals surface area contributed by atoms with Crippen LogP contribution in [0.2, 0.25) is 0 Å². The van der Waals surface area contributed by atoms with Crippen molar-refractivity contribution in [2.75, 3.05) is 12.9 Å². The summed E-state index contributed by atoms with van der Waals surface area (Å²) in [5, 5.41) is 0. The summed E-state index contributed by atoms with van der Waals surface area (Å²) in [5.41, 5.74) is 1.36. The van der Waals surface area contributed by atoms with Gasteiger partial charge in [0.15, 0.2) is 0 Å². The third-order valence-corrected chi connectivity index (χ3v) is 3.31. The van der Waals surface area contributed by atoms with Crippen LogP contribution in [0.3, 0.4) is 0 Å². The van der Waals surface area contributed by atoms with Gasteiger partial charge in [0.05, 0.1) is 6.10 Å². The molecule has 1 aliphatic heterocycles. The van der Waals surface area contributed by atoms with Gasteiger partial charge in [-0.3, -0.25) is 0 Å². The first kappa shape index (κ1) is 11.6. The molecule has 2 rings (SSSR count). The van der Waals surface area contributed by atoms with Gasteiger partial charge in [-0.25, -0.2) is 0 Å². The molecule has 1 unspecified atom stereocenters. The van der Waals surface area contributed by atoms with Crippen molar-refractivity contribution in [2.45, 2.75) is 31.3 Å². The number of hydrogen-bond donors (Lipinski definition) is 0. The molecule has 78 valence electrons. The highest BCUT2D eigenvalue weighted by Gasteiger charge is 2.18. The van der Waals surface area contributed by atoms with Gasteiger partial charge in [-0.2, -0.15) is 0 Å². The van der Waals surface area contributed by atoms with Gasteiger partial charge in [0.1, 0.15) is 0 Å². The molecule has 0 saturated carbocycles. The van der Waals surface area contributed by atoms with Crippen LogP contribution in [-0.2, 0) is 4.74 Å². The smallest absolute Gasteiger partial charge is 0.0839 e. The lowest BCUT2D eigenvalue weighted by Crippen LogP contribution is -2.08. The van der Waals surface area contributed by atoms with Gasteiger partial charge in [-0.05, 0) is 18.1 Å². The van der Waals surface area contributed by atoms with Crippen molar-refractivity contribution in [2.24, 2.45) is 0 Å². The highest BCUT2D eigenvalue weighted by Crippen LogP contribution is 2.37. The fraction of sp³-hybridized carbons (Fsp3) is 0.500. The summed E-state index contributed by atoms with van der Waals surface area (Å²) in [5.74, 6) is 1.18. The van der Waals surface area contributed by atoms with Crippen LogP contribution in [0.5, 0.6) is 0 Å². The molecule has 0 aromatic heterocycles. The van der Waals surface area contributed by atoms with Crippen molar-refractivity contribution < 1.29 is 4.74 Å². The maximum atomic E-state index is 5.40. The number of benzene rings is 1. The number of methoxy groups -OCH3 is 1. The van der Waals surface area contributed by atoms with Crippen LogP contribution in [-0.4, -0.2) is 12.9 Å². The molecule has 0 fully saturated rings. The monoisotopic (exact) mass is 210 g/mol. The highest BCUT2D eigenvalue weighted by molar-refractivity contribution is 7.99. The molecule has 1 atom stereocenters. The van der Waals surface area contributed by atoms with E-state index in [4.69, 9.17) is 4.74 Å². The second-order valence-corrected chi connectivity index (χ2v) is 4.04. The first-order chi connectivity index (χ1) is 6.92. The molecule has 0 bridgehead atoms. The SMILES string of the molecule is CC.COC1CCSc2ccccc21. The Hall–Kier alpha value is -0.470. The van der Waals surface area contributed by atoms with E-state index in [-0.39, 0.29) is 0 Å². The fourth-order valence-electron chi connectivity index (χ4n) is 1.55. The molecular formula is C12H18OS. The van der Waals surface area contributed by atoms with E-state index in [1.54, 1.807) is 7.11 Å². The highest BCUT2D eigenvalue weighted by atomic mass is 32.2. The van der Waals surface area contributed by atoms with Crippen LogP contribution >= 0.6 is 11.8 Å². The van der Waals surface area contributed by atoms with E-state index in [2.05, 4.69) is 24.3 Å². The molecule has 0 spiro atoms. The zero-order chi connectivity index (χ0) is 10.4. The molecule has 1 nitrogen and oxygen atoms in total. The predicted molar refractivity (Wildman–Crippen MR) is 62.9 cm³/mol. The number of thioether (sulfide) groups is 1. The lowest BCUT2D eigenvalue weighted by molar-refractivity contribution is 0.0974. The first-order valence-corrected chi connectivity index (χ1v) is 6.15. The Morgan fingerprint density at radius 1 is 1.29 bits per heavy atom. The summed E-state index contributed by atoms with van der Waals surface area (Å²) in [6.45, 7) is 4.00. The number of hydrogen-bond acceptors (Lipinski definition) is 2. The largest absolute Gasteiger partial charge is 0.377 e. The quantitative estimate of drug-likeness (QED) is 0.695. The first-order valence-electron chi connectivity index (χ1n) is 5.16. The van der Waals surface area contributed by atoms with Crippen molar-refractivity contribution in [3.8, 4) is 0 Å². The molecule has 1 aromatic carbocycles. The van der Waals surface area contributed by atoms with Gasteiger partial charge in [0.2, 0.25) is 0 Å². The van der Waals surface area contributed by atoms with E-state index in [1.165, 1.54) is 16.2 Å². The Morgan fingerprint density at radius 2 is 2.00 bits per heavy atom. The topological polar surface area (TPSA) is 9.23 Å². The molecule has 14 heavy (non-hydrogen) atoms. The molecule has 0 N–H and O–H groups in total. The second kappa shape index (κ2) is 6.10. The number of rotatable bonds is 1. The van der Waals surface area contributed by atoms with Crippen molar-refractivity contribution in [1.29, 1.82) is 0 Å². The van der Waals surface area contributed by atoms with Crippen molar-refractivity contribution >= 4 is 11.8 Å². The van der Waals surface area contributed by atoms with Crippen molar-refractivity contribution in [1.82, 2.24) is 0 Å². The van der Waals surface area contributed by atoms with Gasteiger partial charge >= 0.3 is 0 Å². The normalized spacial score (nSPS) is 19.2. The van der Waals surface area contributed by atoms with Gasteiger partial charge < -0.3 is 4.74 Å². The minimum Gasteiger partial charge on any atom is -0.377 e. The predicted octanol–water partition coefficient (Wildman–Crippen LogP) is 3.90. The Labute approximate surface area is 90.9 Å². The third-order valence-electron chi connectivity index (χ3n) is 2.19. The third kappa shape index (κ3) is 2.52. The molecule has 1 heterocycles. The van der Waals surface area contributed by atoms with Gasteiger partial charge in [0.25, 0.3) is 0 Å². The molecule has 0 aliphatic carbocycles. The van der Waals surface area contributed by atoms with Crippen LogP contribution < -0.4 is 0 Å².